The predicted molar refractivity (Wildman–Crippen MR) is 131 cm³/mol. The first-order valence-corrected chi connectivity index (χ1v) is 23.8. The summed E-state index contributed by atoms with van der Waals surface area (Å²) in [7, 11) is -6.88. The van der Waals surface area contributed by atoms with Gasteiger partial charge in [0.25, 0.3) is 0 Å². The van der Waals surface area contributed by atoms with Crippen LogP contribution in [0, 0.1) is 0 Å². The third-order valence-electron chi connectivity index (χ3n) is 3.34. The van der Waals surface area contributed by atoms with Crippen LogP contribution in [0.1, 0.15) is 11.7 Å². The summed E-state index contributed by atoms with van der Waals surface area (Å²) in [5.74, 6) is 1.69. The summed E-state index contributed by atoms with van der Waals surface area (Å²) in [4.78, 5) is 0. The second kappa shape index (κ2) is 9.18. The molecule has 0 bridgehead atoms. The van der Waals surface area contributed by atoms with Crippen molar-refractivity contribution in [3.63, 3.8) is 0 Å². The summed E-state index contributed by atoms with van der Waals surface area (Å²) in [6.07, 6.45) is -0.0803. The summed E-state index contributed by atoms with van der Waals surface area (Å²) < 4.78 is 25.4. The van der Waals surface area contributed by atoms with E-state index >= 15 is 0 Å². The van der Waals surface area contributed by atoms with E-state index in [1.807, 2.05) is 0 Å². The van der Waals surface area contributed by atoms with Gasteiger partial charge in [0.2, 0.25) is 16.6 Å². The van der Waals surface area contributed by atoms with Crippen molar-refractivity contribution in [2.24, 2.45) is 0 Å². The number of hydrogen-bond acceptors (Lipinski definition) is 4. The van der Waals surface area contributed by atoms with Crippen molar-refractivity contribution in [1.29, 1.82) is 0 Å². The molecule has 0 saturated heterocycles. The molecule has 0 radical (unpaired) electrons. The lowest BCUT2D eigenvalue weighted by Gasteiger charge is -2.31. The molecule has 0 fully saturated rings. The smallest absolute Gasteiger partial charge is 0.242 e. The van der Waals surface area contributed by atoms with Gasteiger partial charge in [-0.25, -0.2) is 0 Å². The molecule has 28 heavy (non-hydrogen) atoms. The quantitative estimate of drug-likeness (QED) is 0.359. The van der Waals surface area contributed by atoms with E-state index in [0.717, 1.165) is 17.1 Å². The van der Waals surface area contributed by atoms with Crippen LogP contribution in [0.4, 0.5) is 0 Å². The Kier molecular flexibility index (Phi) is 8.40. The normalized spacial score (nSPS) is 14.7. The second-order valence-corrected chi connectivity index (χ2v) is 29.1. The topological polar surface area (TPSA) is 36.9 Å². The van der Waals surface area contributed by atoms with Crippen molar-refractivity contribution in [2.75, 3.05) is 6.61 Å². The number of benzene rings is 1. The number of hydrogen-bond donors (Lipinski definition) is 0. The Hall–Kier alpha value is -0.392. The second-order valence-electron chi connectivity index (χ2n) is 11.3. The Morgan fingerprint density at radius 2 is 1.14 bits per heavy atom. The van der Waals surface area contributed by atoms with Crippen molar-refractivity contribution in [1.82, 2.24) is 0 Å². The van der Waals surface area contributed by atoms with Crippen LogP contribution in [-0.2, 0) is 8.85 Å². The standard InChI is InChI=1S/C20H42O4Si4/c1-25(2,3)21-16-20(24-28(10,11)12)17-13-14-18(22-26(4,5)6)19(15-17)23-27(7,8)9/h13-15,20H,16H2,1-12H3. The molecule has 1 atom stereocenters. The van der Waals surface area contributed by atoms with Crippen LogP contribution in [-0.4, -0.2) is 39.9 Å². The summed E-state index contributed by atoms with van der Waals surface area (Å²) in [5.41, 5.74) is 1.11. The summed E-state index contributed by atoms with van der Waals surface area (Å²) >= 11 is 0. The average molecular weight is 459 g/mol. The molecule has 1 rings (SSSR count). The largest absolute Gasteiger partial charge is 0.542 e. The van der Waals surface area contributed by atoms with E-state index in [-0.39, 0.29) is 6.10 Å². The van der Waals surface area contributed by atoms with E-state index in [1.54, 1.807) is 0 Å². The van der Waals surface area contributed by atoms with Gasteiger partial charge in [-0.3, -0.25) is 0 Å². The van der Waals surface area contributed by atoms with Gasteiger partial charge < -0.3 is 17.7 Å². The molecule has 1 aromatic carbocycles. The highest BCUT2D eigenvalue weighted by molar-refractivity contribution is 6.71. The van der Waals surface area contributed by atoms with E-state index in [4.69, 9.17) is 17.7 Å². The van der Waals surface area contributed by atoms with Gasteiger partial charge in [-0.15, -0.1) is 0 Å². The lowest BCUT2D eigenvalue weighted by molar-refractivity contribution is 0.119. The zero-order valence-electron chi connectivity index (χ0n) is 20.1. The van der Waals surface area contributed by atoms with Crippen molar-refractivity contribution >= 4 is 33.3 Å². The van der Waals surface area contributed by atoms with Gasteiger partial charge in [0.15, 0.2) is 16.6 Å². The fourth-order valence-corrected chi connectivity index (χ4v) is 5.86. The van der Waals surface area contributed by atoms with Crippen LogP contribution in [0.2, 0.25) is 78.6 Å². The first-order valence-electron chi connectivity index (χ1n) is 10.2. The van der Waals surface area contributed by atoms with Gasteiger partial charge in [0.05, 0.1) is 12.7 Å². The molecule has 0 N–H and O–H groups in total. The lowest BCUT2D eigenvalue weighted by atomic mass is 10.1. The molecule has 0 amide bonds. The van der Waals surface area contributed by atoms with Gasteiger partial charge in [-0.1, -0.05) is 6.07 Å². The van der Waals surface area contributed by atoms with Gasteiger partial charge in [0, 0.05) is 0 Å². The molecule has 8 heteroatoms. The van der Waals surface area contributed by atoms with Gasteiger partial charge in [-0.2, -0.15) is 0 Å². The van der Waals surface area contributed by atoms with E-state index in [1.165, 1.54) is 0 Å². The molecular weight excluding hydrogens is 417 g/mol. The minimum absolute atomic E-state index is 0.0803. The maximum absolute atomic E-state index is 6.50. The molecule has 1 unspecified atom stereocenters. The first-order chi connectivity index (χ1) is 12.3. The van der Waals surface area contributed by atoms with Crippen LogP contribution in [0.3, 0.4) is 0 Å². The van der Waals surface area contributed by atoms with Crippen LogP contribution in [0.5, 0.6) is 11.5 Å². The Morgan fingerprint density at radius 3 is 1.57 bits per heavy atom. The maximum Gasteiger partial charge on any atom is 0.242 e. The van der Waals surface area contributed by atoms with Gasteiger partial charge in [0.1, 0.15) is 11.5 Å². The summed E-state index contributed by atoms with van der Waals surface area (Å²) in [6, 6.07) is 6.29. The predicted octanol–water partition coefficient (Wildman–Crippen LogP) is 6.86. The SMILES string of the molecule is C[Si](C)(C)OCC(O[Si](C)(C)C)c1ccc(O[Si](C)(C)C)c(O[Si](C)(C)C)c1. The van der Waals surface area contributed by atoms with Gasteiger partial charge in [-0.05, 0) is 96.3 Å². The van der Waals surface area contributed by atoms with Crippen molar-refractivity contribution in [2.45, 2.75) is 84.7 Å². The highest BCUT2D eigenvalue weighted by Gasteiger charge is 2.28. The van der Waals surface area contributed by atoms with Crippen LogP contribution in [0.15, 0.2) is 18.2 Å². The maximum atomic E-state index is 6.50. The van der Waals surface area contributed by atoms with Crippen LogP contribution in [0.25, 0.3) is 0 Å². The number of rotatable bonds is 10. The highest BCUT2D eigenvalue weighted by Crippen LogP contribution is 2.36. The first kappa shape index (κ1) is 25.6. The monoisotopic (exact) mass is 458 g/mol. The minimum atomic E-state index is -1.78. The fourth-order valence-electron chi connectivity index (χ4n) is 2.50. The van der Waals surface area contributed by atoms with Crippen LogP contribution >= 0.6 is 0 Å². The molecule has 0 aromatic heterocycles. The van der Waals surface area contributed by atoms with E-state index in [0.29, 0.717) is 6.61 Å². The Bertz CT molecular complexity index is 638. The molecule has 0 aliphatic carbocycles. The Balaban J connectivity index is 3.30. The van der Waals surface area contributed by atoms with E-state index in [9.17, 15) is 0 Å². The zero-order valence-corrected chi connectivity index (χ0v) is 24.1. The highest BCUT2D eigenvalue weighted by atomic mass is 28.4. The van der Waals surface area contributed by atoms with Gasteiger partial charge >= 0.3 is 0 Å². The fraction of sp³-hybridized carbons (Fsp3) is 0.700. The molecule has 0 aliphatic heterocycles. The minimum Gasteiger partial charge on any atom is -0.542 e. The van der Waals surface area contributed by atoms with E-state index < -0.39 is 33.3 Å². The lowest BCUT2D eigenvalue weighted by Crippen LogP contribution is -2.34. The molecular formula is C20H42O4Si4. The molecule has 1 aromatic rings. The molecule has 162 valence electrons. The summed E-state index contributed by atoms with van der Waals surface area (Å²) in [6.45, 7) is 27.0. The molecule has 0 aliphatic rings. The average Bonchev–Trinajstić information content (AvgIpc) is 2.40. The van der Waals surface area contributed by atoms with E-state index in [2.05, 4.69) is 96.8 Å². The third kappa shape index (κ3) is 11.0. The molecule has 4 nitrogen and oxygen atoms in total. The zero-order chi connectivity index (χ0) is 22.0. The molecule has 0 saturated carbocycles. The Morgan fingerprint density at radius 1 is 0.643 bits per heavy atom. The molecule has 0 spiro atoms. The third-order valence-corrected chi connectivity index (χ3v) is 7.02. The molecule has 0 heterocycles. The Labute approximate surface area is 177 Å². The van der Waals surface area contributed by atoms with Crippen molar-refractivity contribution in [3.05, 3.63) is 23.8 Å². The van der Waals surface area contributed by atoms with Crippen LogP contribution < -0.4 is 8.85 Å². The van der Waals surface area contributed by atoms with Crippen molar-refractivity contribution in [3.8, 4) is 11.5 Å². The summed E-state index contributed by atoms with van der Waals surface area (Å²) in [5, 5.41) is 0. The van der Waals surface area contributed by atoms with Crippen molar-refractivity contribution < 1.29 is 17.7 Å².